The van der Waals surface area contributed by atoms with E-state index in [9.17, 15) is 4.79 Å². The predicted octanol–water partition coefficient (Wildman–Crippen LogP) is 5.20. The third-order valence-electron chi connectivity index (χ3n) is 5.60. The fourth-order valence-electron chi connectivity index (χ4n) is 3.88. The molecule has 160 valence electrons. The molecule has 6 aromatic heterocycles. The van der Waals surface area contributed by atoms with Crippen LogP contribution in [-0.2, 0) is 0 Å². The fourth-order valence-corrected chi connectivity index (χ4v) is 4.81. The average Bonchev–Trinajstić information content (AvgIpc) is 3.56. The van der Waals surface area contributed by atoms with Gasteiger partial charge in [0.25, 0.3) is 0 Å². The number of nitrogens with one attached hydrogen (secondary N) is 2. The summed E-state index contributed by atoms with van der Waals surface area (Å²) in [4.78, 5) is 34.8. The maximum Gasteiger partial charge on any atom is 0.178 e. The molecule has 6 rings (SSSR count). The number of thiophene rings is 1. The first-order valence-electron chi connectivity index (χ1n) is 10.3. The molecule has 0 saturated heterocycles. The van der Waals surface area contributed by atoms with Crippen molar-refractivity contribution in [1.82, 2.24) is 35.1 Å². The van der Waals surface area contributed by atoms with E-state index in [2.05, 4.69) is 30.1 Å². The number of carbonyl (C=O) groups excluding carboxylic acids is 1. The van der Waals surface area contributed by atoms with Gasteiger partial charge in [-0.2, -0.15) is 5.10 Å². The van der Waals surface area contributed by atoms with Crippen LogP contribution in [0.15, 0.2) is 55.1 Å². The van der Waals surface area contributed by atoms with Crippen LogP contribution in [0.5, 0.6) is 0 Å². The van der Waals surface area contributed by atoms with Crippen LogP contribution in [0.25, 0.3) is 55.3 Å². The van der Waals surface area contributed by atoms with Crippen molar-refractivity contribution in [3.8, 4) is 33.2 Å². The quantitative estimate of drug-likeness (QED) is 0.356. The van der Waals surface area contributed by atoms with Gasteiger partial charge in [-0.15, -0.1) is 11.3 Å². The number of Topliss-reactive ketones (excluding diaryl/α,β-unsaturated/α-hetero) is 1. The van der Waals surface area contributed by atoms with Crippen molar-refractivity contribution in [2.45, 2.75) is 13.8 Å². The fraction of sp³-hybridized carbons (Fsp3) is 0.0833. The first-order chi connectivity index (χ1) is 16.1. The number of aryl methyl sites for hydroxylation is 1. The normalized spacial score (nSPS) is 11.5. The van der Waals surface area contributed by atoms with Gasteiger partial charge in [0.15, 0.2) is 17.3 Å². The van der Waals surface area contributed by atoms with E-state index in [0.717, 1.165) is 48.6 Å². The highest BCUT2D eigenvalue weighted by atomic mass is 32.1. The summed E-state index contributed by atoms with van der Waals surface area (Å²) in [5.41, 5.74) is 6.74. The number of hydrogen-bond donors (Lipinski definition) is 2. The molecule has 6 heterocycles. The monoisotopic (exact) mass is 451 g/mol. The van der Waals surface area contributed by atoms with Gasteiger partial charge in [-0.05, 0) is 49.7 Å². The Bertz CT molecular complexity index is 1680. The number of rotatable bonds is 4. The summed E-state index contributed by atoms with van der Waals surface area (Å²) in [6, 6.07) is 9.69. The van der Waals surface area contributed by atoms with Crippen molar-refractivity contribution in [3.63, 3.8) is 0 Å². The van der Waals surface area contributed by atoms with Crippen LogP contribution in [-0.4, -0.2) is 40.9 Å². The lowest BCUT2D eigenvalue weighted by molar-refractivity contribution is 0.102. The van der Waals surface area contributed by atoms with Gasteiger partial charge >= 0.3 is 0 Å². The Labute approximate surface area is 191 Å². The van der Waals surface area contributed by atoms with Crippen molar-refractivity contribution < 1.29 is 4.79 Å². The number of aromatic amines is 2. The van der Waals surface area contributed by atoms with Crippen LogP contribution >= 0.6 is 11.3 Å². The third kappa shape index (κ3) is 3.21. The van der Waals surface area contributed by atoms with Crippen molar-refractivity contribution in [3.05, 3.63) is 65.6 Å². The highest BCUT2D eigenvalue weighted by Crippen LogP contribution is 2.35. The highest BCUT2D eigenvalue weighted by Gasteiger charge is 2.18. The molecule has 0 amide bonds. The number of hydrogen-bond acceptors (Lipinski definition) is 7. The minimum atomic E-state index is 0.0538. The Kier molecular flexibility index (Phi) is 4.37. The van der Waals surface area contributed by atoms with Crippen molar-refractivity contribution >= 4 is 39.2 Å². The van der Waals surface area contributed by atoms with E-state index in [4.69, 9.17) is 4.98 Å². The molecule has 6 aromatic rings. The van der Waals surface area contributed by atoms with E-state index < -0.39 is 0 Å². The van der Waals surface area contributed by atoms with Gasteiger partial charge in [0, 0.05) is 40.0 Å². The Morgan fingerprint density at radius 1 is 1.03 bits per heavy atom. The van der Waals surface area contributed by atoms with E-state index in [0.29, 0.717) is 17.2 Å². The maximum absolute atomic E-state index is 11.7. The molecule has 0 aliphatic rings. The third-order valence-corrected chi connectivity index (χ3v) is 6.82. The lowest BCUT2D eigenvalue weighted by Gasteiger charge is -2.04. The molecule has 9 heteroatoms. The second-order valence-electron chi connectivity index (χ2n) is 7.74. The number of H-pyrrole nitrogens is 2. The minimum absolute atomic E-state index is 0.0538. The number of imidazole rings is 1. The molecule has 0 aromatic carbocycles. The molecule has 0 radical (unpaired) electrons. The molecular formula is C24H17N7OS. The number of ketones is 1. The second kappa shape index (κ2) is 7.42. The smallest absolute Gasteiger partial charge is 0.178 e. The highest BCUT2D eigenvalue weighted by molar-refractivity contribution is 7.17. The lowest BCUT2D eigenvalue weighted by atomic mass is 10.1. The van der Waals surface area contributed by atoms with E-state index in [1.165, 1.54) is 11.3 Å². The molecule has 0 fully saturated rings. The molecule has 0 unspecified atom stereocenters. The van der Waals surface area contributed by atoms with Gasteiger partial charge in [-0.25, -0.2) is 9.97 Å². The summed E-state index contributed by atoms with van der Waals surface area (Å²) in [5.74, 6) is 0.665. The minimum Gasteiger partial charge on any atom is -0.335 e. The van der Waals surface area contributed by atoms with Crippen LogP contribution < -0.4 is 0 Å². The van der Waals surface area contributed by atoms with E-state index in [1.807, 2.05) is 43.5 Å². The second-order valence-corrected chi connectivity index (χ2v) is 8.82. The number of nitrogens with zero attached hydrogens (tertiary/aromatic N) is 5. The zero-order valence-corrected chi connectivity index (χ0v) is 18.6. The summed E-state index contributed by atoms with van der Waals surface area (Å²) < 4.78 is 0. The molecule has 2 N–H and O–H groups in total. The standard InChI is InChI=1S/C24H17N7OS/c1-12-5-7-25-10-16(12)17-9-15-18(11-27-17)30-31-22(15)24-28-21-14(6-8-26-23(21)29-24)20-4-3-19(33-20)13(2)32/h3-11H,1-2H3,(H,30,31)(H,26,28,29). The van der Waals surface area contributed by atoms with Crippen molar-refractivity contribution in [1.29, 1.82) is 0 Å². The number of fused-ring (bicyclic) bond motifs is 2. The number of carbonyl (C=O) groups is 1. The van der Waals surface area contributed by atoms with Gasteiger partial charge < -0.3 is 4.98 Å². The van der Waals surface area contributed by atoms with E-state index in [1.54, 1.807) is 25.5 Å². The summed E-state index contributed by atoms with van der Waals surface area (Å²) in [5, 5.41) is 8.45. The molecule has 0 spiro atoms. The molecule has 0 atom stereocenters. The van der Waals surface area contributed by atoms with Gasteiger partial charge in [0.05, 0.1) is 27.8 Å². The van der Waals surface area contributed by atoms with Crippen LogP contribution in [0.2, 0.25) is 0 Å². The Morgan fingerprint density at radius 2 is 1.94 bits per heavy atom. The van der Waals surface area contributed by atoms with Gasteiger partial charge in [-0.1, -0.05) is 0 Å². The Morgan fingerprint density at radius 3 is 2.76 bits per heavy atom. The summed E-state index contributed by atoms with van der Waals surface area (Å²) in [7, 11) is 0. The zero-order chi connectivity index (χ0) is 22.5. The maximum atomic E-state index is 11.7. The molecular weight excluding hydrogens is 434 g/mol. The predicted molar refractivity (Wildman–Crippen MR) is 128 cm³/mol. The molecule has 0 aliphatic carbocycles. The molecule has 8 nitrogen and oxygen atoms in total. The van der Waals surface area contributed by atoms with Crippen LogP contribution in [0.1, 0.15) is 22.2 Å². The number of pyridine rings is 3. The van der Waals surface area contributed by atoms with Gasteiger partial charge in [0.2, 0.25) is 0 Å². The van der Waals surface area contributed by atoms with Crippen molar-refractivity contribution in [2.24, 2.45) is 0 Å². The summed E-state index contributed by atoms with van der Waals surface area (Å²) in [6.45, 7) is 3.61. The van der Waals surface area contributed by atoms with Gasteiger partial charge in [0.1, 0.15) is 5.69 Å². The largest absolute Gasteiger partial charge is 0.335 e. The van der Waals surface area contributed by atoms with Crippen molar-refractivity contribution in [2.75, 3.05) is 0 Å². The van der Waals surface area contributed by atoms with Crippen LogP contribution in [0.4, 0.5) is 0 Å². The summed E-state index contributed by atoms with van der Waals surface area (Å²) >= 11 is 1.46. The van der Waals surface area contributed by atoms with E-state index >= 15 is 0 Å². The summed E-state index contributed by atoms with van der Waals surface area (Å²) in [6.07, 6.45) is 7.09. The Hall–Kier alpha value is -4.24. The first-order valence-corrected chi connectivity index (χ1v) is 11.1. The van der Waals surface area contributed by atoms with Crippen LogP contribution in [0.3, 0.4) is 0 Å². The van der Waals surface area contributed by atoms with Crippen LogP contribution in [0, 0.1) is 6.92 Å². The van der Waals surface area contributed by atoms with Gasteiger partial charge in [-0.3, -0.25) is 19.9 Å². The molecule has 0 saturated carbocycles. The SMILES string of the molecule is CC(=O)c1ccc(-c2ccnc3nc(-c4n[nH]c5cnc(-c6cnccc6C)cc45)[nH]c23)s1. The first kappa shape index (κ1) is 19.4. The molecule has 33 heavy (non-hydrogen) atoms. The lowest BCUT2D eigenvalue weighted by Crippen LogP contribution is -1.88. The average molecular weight is 452 g/mol. The topological polar surface area (TPSA) is 113 Å². The van der Waals surface area contributed by atoms with E-state index in [-0.39, 0.29) is 5.78 Å². The Balaban J connectivity index is 1.49. The zero-order valence-electron chi connectivity index (χ0n) is 17.7. The molecule has 0 bridgehead atoms. The molecule has 0 aliphatic heterocycles. The number of aromatic nitrogens is 7.